The van der Waals surface area contributed by atoms with Crippen LogP contribution in [0.4, 0.5) is 0 Å². The molecule has 0 aliphatic carbocycles. The molecule has 2 aromatic carbocycles. The zero-order chi connectivity index (χ0) is 13.1. The molecule has 2 rings (SSSR count). The van der Waals surface area contributed by atoms with Crippen LogP contribution in [0, 0.1) is 13.8 Å². The molecule has 18 heavy (non-hydrogen) atoms. The Kier molecular flexibility index (Phi) is 3.44. The summed E-state index contributed by atoms with van der Waals surface area (Å²) >= 11 is 0. The van der Waals surface area contributed by atoms with Gasteiger partial charge in [0.2, 0.25) is 0 Å². The highest BCUT2D eigenvalue weighted by molar-refractivity contribution is 5.98. The first-order chi connectivity index (χ1) is 8.65. The van der Waals surface area contributed by atoms with Gasteiger partial charge in [-0.15, -0.1) is 0 Å². The first-order valence-corrected chi connectivity index (χ1v) is 5.72. The summed E-state index contributed by atoms with van der Waals surface area (Å²) in [5, 5.41) is 0. The molecule has 0 radical (unpaired) electrons. The summed E-state index contributed by atoms with van der Waals surface area (Å²) < 4.78 is 0. The van der Waals surface area contributed by atoms with Crippen LogP contribution in [0.3, 0.4) is 0 Å². The average Bonchev–Trinajstić information content (AvgIpc) is 2.41. The van der Waals surface area contributed by atoms with Crippen LogP contribution >= 0.6 is 0 Å². The summed E-state index contributed by atoms with van der Waals surface area (Å²) in [6.07, 6.45) is 0. The minimum Gasteiger partial charge on any atom is -0.370 e. The second-order valence-electron chi connectivity index (χ2n) is 4.20. The maximum absolute atomic E-state index is 11.7. The van der Waals surface area contributed by atoms with Crippen molar-refractivity contribution in [3.05, 3.63) is 59.2 Å². The van der Waals surface area contributed by atoms with Crippen LogP contribution in [0.2, 0.25) is 0 Å². The number of benzene rings is 2. The van der Waals surface area contributed by atoms with E-state index in [9.17, 15) is 4.79 Å². The van der Waals surface area contributed by atoms with Gasteiger partial charge in [-0.25, -0.2) is 4.79 Å². The topological polar surface area (TPSA) is 52.3 Å². The lowest BCUT2D eigenvalue weighted by Gasteiger charge is -2.13. The Balaban J connectivity index is 2.70. The molecule has 3 nitrogen and oxygen atoms in total. The van der Waals surface area contributed by atoms with Gasteiger partial charge in [0.1, 0.15) is 0 Å². The predicted molar refractivity (Wildman–Crippen MR) is 71.0 cm³/mol. The van der Waals surface area contributed by atoms with Crippen molar-refractivity contribution in [2.45, 2.75) is 13.8 Å². The molecule has 0 heterocycles. The summed E-state index contributed by atoms with van der Waals surface area (Å²) in [5.41, 5.74) is 4.54. The van der Waals surface area contributed by atoms with Crippen molar-refractivity contribution in [3.63, 3.8) is 0 Å². The molecule has 0 spiro atoms. The lowest BCUT2D eigenvalue weighted by Crippen LogP contribution is -2.12. The van der Waals surface area contributed by atoms with E-state index in [1.54, 1.807) is 6.07 Å². The minimum atomic E-state index is -0.517. The van der Waals surface area contributed by atoms with Crippen LogP contribution in [0.1, 0.15) is 21.5 Å². The molecule has 0 aliphatic heterocycles. The van der Waals surface area contributed by atoms with Gasteiger partial charge in [0.25, 0.3) is 0 Å². The van der Waals surface area contributed by atoms with Gasteiger partial charge in [0, 0.05) is 0 Å². The zero-order valence-electron chi connectivity index (χ0n) is 10.4. The lowest BCUT2D eigenvalue weighted by molar-refractivity contribution is 0.0504. The molecule has 2 N–H and O–H groups in total. The third kappa shape index (κ3) is 2.13. The minimum absolute atomic E-state index is 0.492. The Bertz CT molecular complexity index is 577. The maximum atomic E-state index is 11.7. The highest BCUT2D eigenvalue weighted by Crippen LogP contribution is 2.29. The summed E-state index contributed by atoms with van der Waals surface area (Å²) in [5.74, 6) is 4.47. The molecule has 0 bridgehead atoms. The Labute approximate surface area is 106 Å². The predicted octanol–water partition coefficient (Wildman–Crippen LogP) is 3.00. The normalized spacial score (nSPS) is 10.2. The van der Waals surface area contributed by atoms with Crippen molar-refractivity contribution in [1.29, 1.82) is 0 Å². The van der Waals surface area contributed by atoms with Crippen LogP contribution in [0.15, 0.2) is 42.5 Å². The molecular weight excluding hydrogens is 226 g/mol. The summed E-state index contributed by atoms with van der Waals surface area (Å²) in [6, 6.07) is 13.4. The lowest BCUT2D eigenvalue weighted by atomic mass is 9.92. The number of carbonyl (C=O) groups excluding carboxylic acids is 1. The summed E-state index contributed by atoms with van der Waals surface area (Å²) in [6.45, 7) is 4.00. The van der Waals surface area contributed by atoms with Crippen molar-refractivity contribution < 1.29 is 9.63 Å². The molecule has 3 heteroatoms. The van der Waals surface area contributed by atoms with Gasteiger partial charge in [-0.05, 0) is 42.2 Å². The molecule has 0 saturated carbocycles. The Morgan fingerprint density at radius 3 is 2.33 bits per heavy atom. The molecule has 0 aliphatic rings. The number of hydrogen-bond donors (Lipinski definition) is 1. The standard InChI is InChI=1S/C15H15NO2/c1-10-8-9-13(15(17)18-16)14(11(10)2)12-6-4-3-5-7-12/h3-9H,16H2,1-2H3. The Hall–Kier alpha value is -2.13. The third-order valence-electron chi connectivity index (χ3n) is 3.13. The van der Waals surface area contributed by atoms with Crippen molar-refractivity contribution in [2.24, 2.45) is 5.90 Å². The zero-order valence-corrected chi connectivity index (χ0v) is 10.4. The first-order valence-electron chi connectivity index (χ1n) is 5.72. The molecule has 2 aromatic rings. The quantitative estimate of drug-likeness (QED) is 0.822. The van der Waals surface area contributed by atoms with Crippen molar-refractivity contribution in [2.75, 3.05) is 0 Å². The molecule has 92 valence electrons. The van der Waals surface area contributed by atoms with E-state index >= 15 is 0 Å². The van der Waals surface area contributed by atoms with Gasteiger partial charge in [-0.2, -0.15) is 5.90 Å². The fraction of sp³-hybridized carbons (Fsp3) is 0.133. The van der Waals surface area contributed by atoms with Gasteiger partial charge in [0.05, 0.1) is 5.56 Å². The molecule has 0 aromatic heterocycles. The van der Waals surface area contributed by atoms with E-state index in [4.69, 9.17) is 5.90 Å². The van der Waals surface area contributed by atoms with Crippen LogP contribution < -0.4 is 5.90 Å². The van der Waals surface area contributed by atoms with Crippen molar-refractivity contribution >= 4 is 5.97 Å². The van der Waals surface area contributed by atoms with Gasteiger partial charge >= 0.3 is 5.97 Å². The second kappa shape index (κ2) is 5.02. The maximum Gasteiger partial charge on any atom is 0.357 e. The molecule has 0 unspecified atom stereocenters. The van der Waals surface area contributed by atoms with E-state index in [1.807, 2.05) is 50.2 Å². The summed E-state index contributed by atoms with van der Waals surface area (Å²) in [4.78, 5) is 16.1. The number of rotatable bonds is 2. The van der Waals surface area contributed by atoms with Crippen LogP contribution in [0.5, 0.6) is 0 Å². The van der Waals surface area contributed by atoms with E-state index in [1.165, 1.54) is 0 Å². The van der Waals surface area contributed by atoms with Crippen LogP contribution in [-0.2, 0) is 4.84 Å². The number of carbonyl (C=O) groups is 1. The molecule has 0 fully saturated rings. The molecule has 0 amide bonds. The van der Waals surface area contributed by atoms with Gasteiger partial charge in [-0.1, -0.05) is 36.4 Å². The van der Waals surface area contributed by atoms with E-state index in [2.05, 4.69) is 4.84 Å². The smallest absolute Gasteiger partial charge is 0.357 e. The van der Waals surface area contributed by atoms with E-state index in [0.29, 0.717) is 5.56 Å². The highest BCUT2D eigenvalue weighted by Gasteiger charge is 2.16. The van der Waals surface area contributed by atoms with Gasteiger partial charge in [-0.3, -0.25) is 0 Å². The van der Waals surface area contributed by atoms with E-state index in [0.717, 1.165) is 22.3 Å². The van der Waals surface area contributed by atoms with Crippen LogP contribution in [0.25, 0.3) is 11.1 Å². The first kappa shape index (κ1) is 12.3. The third-order valence-corrected chi connectivity index (χ3v) is 3.13. The number of hydrogen-bond acceptors (Lipinski definition) is 3. The molecular formula is C15H15NO2. The fourth-order valence-electron chi connectivity index (χ4n) is 2.03. The van der Waals surface area contributed by atoms with Crippen LogP contribution in [-0.4, -0.2) is 5.97 Å². The van der Waals surface area contributed by atoms with E-state index in [-0.39, 0.29) is 0 Å². The van der Waals surface area contributed by atoms with Gasteiger partial charge < -0.3 is 4.84 Å². The Morgan fingerprint density at radius 1 is 1.06 bits per heavy atom. The highest BCUT2D eigenvalue weighted by atomic mass is 16.7. The van der Waals surface area contributed by atoms with Crippen molar-refractivity contribution in [1.82, 2.24) is 0 Å². The van der Waals surface area contributed by atoms with Crippen molar-refractivity contribution in [3.8, 4) is 11.1 Å². The van der Waals surface area contributed by atoms with Gasteiger partial charge in [0.15, 0.2) is 0 Å². The molecule has 0 atom stereocenters. The average molecular weight is 241 g/mol. The Morgan fingerprint density at radius 2 is 1.72 bits per heavy atom. The second-order valence-corrected chi connectivity index (χ2v) is 4.20. The largest absolute Gasteiger partial charge is 0.370 e. The monoisotopic (exact) mass is 241 g/mol. The number of nitrogens with two attached hydrogens (primary N) is 1. The number of aryl methyl sites for hydroxylation is 1. The molecule has 0 saturated heterocycles. The summed E-state index contributed by atoms with van der Waals surface area (Å²) in [7, 11) is 0. The van der Waals surface area contributed by atoms with E-state index < -0.39 is 5.97 Å². The SMILES string of the molecule is Cc1ccc(C(=O)ON)c(-c2ccccc2)c1C. The fourth-order valence-corrected chi connectivity index (χ4v) is 2.03.